The third-order valence-electron chi connectivity index (χ3n) is 8.02. The lowest BCUT2D eigenvalue weighted by atomic mass is 9.92. The summed E-state index contributed by atoms with van der Waals surface area (Å²) in [6, 6.07) is 16.9. The number of Topliss-reactive ketones (excluding diaryl/α,β-unsaturated/α-hetero) is 2. The third kappa shape index (κ3) is 7.28. The lowest BCUT2D eigenvalue weighted by Gasteiger charge is -2.16. The number of ether oxygens (including phenoxy) is 3. The Balaban J connectivity index is 1.60. The highest BCUT2D eigenvalue weighted by Gasteiger charge is 2.20. The van der Waals surface area contributed by atoms with Crippen LogP contribution >= 0.6 is 0 Å². The smallest absolute Gasteiger partial charge is 0.167 e. The maximum absolute atomic E-state index is 13.3. The average molecular weight is 631 g/mol. The van der Waals surface area contributed by atoms with E-state index in [-0.39, 0.29) is 56.4 Å². The van der Waals surface area contributed by atoms with Gasteiger partial charge in [-0.1, -0.05) is 30.3 Å². The maximum atomic E-state index is 13.3. The van der Waals surface area contributed by atoms with Crippen molar-refractivity contribution in [3.8, 4) is 28.4 Å². The Bertz CT molecular complexity index is 1600. The molecular weight excluding hydrogens is 592 g/mol. The molecular formula is C36H38O10. The number of aliphatic hydroxyl groups excluding tert-OH is 5. The van der Waals surface area contributed by atoms with Gasteiger partial charge in [0.25, 0.3) is 0 Å². The largest absolute Gasteiger partial charge is 0.496 e. The molecule has 10 nitrogen and oxygen atoms in total. The van der Waals surface area contributed by atoms with Gasteiger partial charge in [0.05, 0.1) is 54.4 Å². The number of rotatable bonds is 15. The molecule has 5 N–H and O–H groups in total. The molecule has 0 atom stereocenters. The minimum Gasteiger partial charge on any atom is -0.496 e. The molecule has 0 aliphatic heterocycles. The zero-order valence-electron chi connectivity index (χ0n) is 26.0. The van der Waals surface area contributed by atoms with Crippen molar-refractivity contribution in [2.45, 2.75) is 45.9 Å². The minimum absolute atomic E-state index is 0.0177. The van der Waals surface area contributed by atoms with Gasteiger partial charge in [0.1, 0.15) is 5.75 Å². The third-order valence-corrected chi connectivity index (χ3v) is 8.02. The van der Waals surface area contributed by atoms with Crippen molar-refractivity contribution in [2.24, 2.45) is 0 Å². The van der Waals surface area contributed by atoms with Gasteiger partial charge in [0.15, 0.2) is 23.1 Å². The lowest BCUT2D eigenvalue weighted by Crippen LogP contribution is -2.11. The highest BCUT2D eigenvalue weighted by Crippen LogP contribution is 2.33. The van der Waals surface area contributed by atoms with E-state index < -0.39 is 6.61 Å². The monoisotopic (exact) mass is 630 g/mol. The quantitative estimate of drug-likeness (QED) is 0.122. The Morgan fingerprint density at radius 1 is 0.457 bits per heavy atom. The van der Waals surface area contributed by atoms with Gasteiger partial charge >= 0.3 is 0 Å². The SMILES string of the molecule is COc1cc(-c2ccc(CC(=O)c3cc(OC)c(OC)cc3CO)c(CO)c2)ccc1CC(=O)c1cc(CO)c(CO)cc1CO. The molecule has 242 valence electrons. The van der Waals surface area contributed by atoms with Gasteiger partial charge in [0.2, 0.25) is 0 Å². The summed E-state index contributed by atoms with van der Waals surface area (Å²) in [6.07, 6.45) is -0.0508. The molecule has 0 amide bonds. The van der Waals surface area contributed by atoms with Gasteiger partial charge in [-0.05, 0) is 74.8 Å². The topological polar surface area (TPSA) is 163 Å². The number of hydrogen-bond donors (Lipinski definition) is 5. The summed E-state index contributed by atoms with van der Waals surface area (Å²) in [4.78, 5) is 26.6. The Morgan fingerprint density at radius 2 is 0.891 bits per heavy atom. The second-order valence-electron chi connectivity index (χ2n) is 10.6. The van der Waals surface area contributed by atoms with E-state index in [2.05, 4.69) is 0 Å². The predicted octanol–water partition coefficient (Wildman–Crippen LogP) is 3.69. The number of aliphatic hydroxyl groups is 5. The molecule has 0 aliphatic carbocycles. The van der Waals surface area contributed by atoms with Gasteiger partial charge in [0, 0.05) is 29.5 Å². The van der Waals surface area contributed by atoms with E-state index in [0.29, 0.717) is 61.8 Å². The molecule has 0 aromatic heterocycles. The summed E-state index contributed by atoms with van der Waals surface area (Å²) in [7, 11) is 4.43. The van der Waals surface area contributed by atoms with Gasteiger partial charge < -0.3 is 39.7 Å². The van der Waals surface area contributed by atoms with Crippen LogP contribution in [0, 0.1) is 0 Å². The van der Waals surface area contributed by atoms with Crippen LogP contribution in [0.3, 0.4) is 0 Å². The first kappa shape index (κ1) is 34.3. The van der Waals surface area contributed by atoms with Crippen LogP contribution < -0.4 is 14.2 Å². The number of hydrogen-bond acceptors (Lipinski definition) is 10. The molecule has 0 fully saturated rings. The molecule has 0 saturated carbocycles. The first-order chi connectivity index (χ1) is 22.2. The molecule has 4 aromatic carbocycles. The fourth-order valence-corrected chi connectivity index (χ4v) is 5.47. The fourth-order valence-electron chi connectivity index (χ4n) is 5.47. The summed E-state index contributed by atoms with van der Waals surface area (Å²) < 4.78 is 16.2. The summed E-state index contributed by atoms with van der Waals surface area (Å²) in [5.74, 6) is 0.676. The molecule has 4 aromatic rings. The highest BCUT2D eigenvalue weighted by molar-refractivity contribution is 6.00. The molecule has 0 bridgehead atoms. The molecule has 0 aliphatic rings. The van der Waals surface area contributed by atoms with Crippen LogP contribution in [0.4, 0.5) is 0 Å². The summed E-state index contributed by atoms with van der Waals surface area (Å²) in [5, 5.41) is 49.1. The van der Waals surface area contributed by atoms with E-state index in [0.717, 1.165) is 11.1 Å². The molecule has 46 heavy (non-hydrogen) atoms. The zero-order chi connectivity index (χ0) is 33.4. The van der Waals surface area contributed by atoms with E-state index in [1.165, 1.54) is 33.5 Å². The molecule has 0 saturated heterocycles. The van der Waals surface area contributed by atoms with Crippen molar-refractivity contribution in [1.82, 2.24) is 0 Å². The molecule has 4 rings (SSSR count). The lowest BCUT2D eigenvalue weighted by molar-refractivity contribution is 0.0981. The van der Waals surface area contributed by atoms with Crippen molar-refractivity contribution in [2.75, 3.05) is 21.3 Å². The van der Waals surface area contributed by atoms with Crippen LogP contribution in [0.1, 0.15) is 59.7 Å². The van der Waals surface area contributed by atoms with E-state index >= 15 is 0 Å². The van der Waals surface area contributed by atoms with Crippen LogP contribution in [0.15, 0.2) is 60.7 Å². The van der Waals surface area contributed by atoms with Crippen LogP contribution in [0.2, 0.25) is 0 Å². The second kappa shape index (κ2) is 15.6. The van der Waals surface area contributed by atoms with Crippen molar-refractivity contribution in [1.29, 1.82) is 0 Å². The standard InChI is InChI=1S/C36H38O10/c1-44-34-13-23(6-7-24(34)12-33(43)30-10-27(18-39)26(17-38)9-28(30)19-40)21-4-5-22(25(8-21)16-37)11-32(42)31-15-36(46-3)35(45-2)14-29(31)20-41/h4-10,13-15,37-41H,11-12,16-20H2,1-3H3. The molecule has 0 radical (unpaired) electrons. The number of benzene rings is 4. The number of ketones is 2. The number of methoxy groups -OCH3 is 3. The van der Waals surface area contributed by atoms with E-state index in [1.807, 2.05) is 12.1 Å². The minimum atomic E-state index is -0.401. The summed E-state index contributed by atoms with van der Waals surface area (Å²) in [6.45, 7) is -1.76. The first-order valence-corrected chi connectivity index (χ1v) is 14.5. The van der Waals surface area contributed by atoms with Crippen molar-refractivity contribution in [3.05, 3.63) is 111 Å². The summed E-state index contributed by atoms with van der Waals surface area (Å²) >= 11 is 0. The molecule has 0 heterocycles. The number of carbonyl (C=O) groups excluding carboxylic acids is 2. The van der Waals surface area contributed by atoms with E-state index in [9.17, 15) is 35.1 Å². The van der Waals surface area contributed by atoms with Crippen LogP contribution in [-0.2, 0) is 45.9 Å². The Kier molecular flexibility index (Phi) is 11.6. The molecule has 0 spiro atoms. The normalized spacial score (nSPS) is 11.0. The van der Waals surface area contributed by atoms with Gasteiger partial charge in [-0.15, -0.1) is 0 Å². The van der Waals surface area contributed by atoms with E-state index in [1.54, 1.807) is 36.4 Å². The molecule has 10 heteroatoms. The average Bonchev–Trinajstić information content (AvgIpc) is 3.10. The van der Waals surface area contributed by atoms with Crippen molar-refractivity contribution < 1.29 is 49.3 Å². The van der Waals surface area contributed by atoms with Crippen LogP contribution in [0.25, 0.3) is 11.1 Å². The Morgan fingerprint density at radius 3 is 1.46 bits per heavy atom. The van der Waals surface area contributed by atoms with Gasteiger partial charge in [-0.2, -0.15) is 0 Å². The Labute approximate surface area is 267 Å². The van der Waals surface area contributed by atoms with Crippen molar-refractivity contribution in [3.63, 3.8) is 0 Å². The fraction of sp³-hybridized carbons (Fsp3) is 0.278. The van der Waals surface area contributed by atoms with Crippen LogP contribution in [0.5, 0.6) is 17.2 Å². The van der Waals surface area contributed by atoms with Crippen molar-refractivity contribution >= 4 is 11.6 Å². The predicted molar refractivity (Wildman–Crippen MR) is 170 cm³/mol. The Hall–Kier alpha value is -4.58. The zero-order valence-corrected chi connectivity index (χ0v) is 26.0. The highest BCUT2D eigenvalue weighted by atomic mass is 16.5. The van der Waals surface area contributed by atoms with Gasteiger partial charge in [-0.25, -0.2) is 0 Å². The maximum Gasteiger partial charge on any atom is 0.167 e. The first-order valence-electron chi connectivity index (χ1n) is 14.5. The number of carbonyl (C=O) groups is 2. The molecule has 0 unspecified atom stereocenters. The van der Waals surface area contributed by atoms with E-state index in [4.69, 9.17) is 14.2 Å². The summed E-state index contributed by atoms with van der Waals surface area (Å²) in [5.41, 5.74) is 5.47. The second-order valence-corrected chi connectivity index (χ2v) is 10.6. The van der Waals surface area contributed by atoms with Gasteiger partial charge in [-0.3, -0.25) is 9.59 Å². The van der Waals surface area contributed by atoms with Crippen LogP contribution in [-0.4, -0.2) is 58.4 Å².